The molecule has 1 saturated heterocycles. The Kier molecular flexibility index (Phi) is 4.36. The number of nitrogens with zero attached hydrogens (tertiary/aromatic N) is 1. The highest BCUT2D eigenvalue weighted by Gasteiger charge is 2.41. The molecule has 0 aromatic heterocycles. The zero-order chi connectivity index (χ0) is 20.7. The number of ether oxygens (including phenoxy) is 2. The molecule has 0 bridgehead atoms. The maximum absolute atomic E-state index is 12.1. The lowest BCUT2D eigenvalue weighted by molar-refractivity contribution is -0.124. The average molecular weight is 398 g/mol. The highest BCUT2D eigenvalue weighted by molar-refractivity contribution is 6.00. The summed E-state index contributed by atoms with van der Waals surface area (Å²) in [6, 6.07) is 19.3. The van der Waals surface area contributed by atoms with Crippen LogP contribution in [-0.4, -0.2) is 18.1 Å². The summed E-state index contributed by atoms with van der Waals surface area (Å²) in [5, 5.41) is 13.3. The normalized spacial score (nSPS) is 20.2. The van der Waals surface area contributed by atoms with E-state index in [4.69, 9.17) is 9.47 Å². The molecule has 148 valence electrons. The molecule has 0 radical (unpaired) electrons. The number of cyclic esters (lactones) is 1. The van der Waals surface area contributed by atoms with Gasteiger partial charge >= 0.3 is 6.09 Å². The summed E-state index contributed by atoms with van der Waals surface area (Å²) in [6.07, 6.45) is 1.12. The summed E-state index contributed by atoms with van der Waals surface area (Å²) in [6.45, 7) is 0. The Labute approximate surface area is 173 Å². The molecule has 3 aromatic carbocycles. The van der Waals surface area contributed by atoms with Crippen molar-refractivity contribution in [3.05, 3.63) is 71.3 Å². The molecule has 2 aliphatic rings. The second-order valence-electron chi connectivity index (χ2n) is 7.55. The van der Waals surface area contributed by atoms with E-state index in [-0.39, 0.29) is 11.8 Å². The number of hydrogen-bond donors (Lipinski definition) is 1. The van der Waals surface area contributed by atoms with E-state index < -0.39 is 12.2 Å². The largest absolute Gasteiger partial charge is 0.457 e. The smallest absolute Gasteiger partial charge is 0.414 e. The number of carbonyl (C=O) groups excluding carboxylic acids is 2. The number of imide groups is 1. The van der Waals surface area contributed by atoms with Crippen molar-refractivity contribution < 1.29 is 19.1 Å². The highest BCUT2D eigenvalue weighted by Crippen LogP contribution is 2.39. The van der Waals surface area contributed by atoms with Gasteiger partial charge in [-0.3, -0.25) is 10.1 Å². The maximum Gasteiger partial charge on any atom is 0.414 e. The van der Waals surface area contributed by atoms with Gasteiger partial charge in [0, 0.05) is 16.7 Å². The van der Waals surface area contributed by atoms with Gasteiger partial charge in [0.1, 0.15) is 11.5 Å². The Morgan fingerprint density at radius 3 is 2.67 bits per heavy atom. The maximum atomic E-state index is 12.1. The molecule has 1 heterocycles. The number of rotatable bonds is 3. The number of hydrogen-bond acceptors (Lipinski definition) is 5. The molecule has 0 saturated carbocycles. The van der Waals surface area contributed by atoms with E-state index in [0.717, 1.165) is 41.2 Å². The van der Waals surface area contributed by atoms with Crippen LogP contribution in [0, 0.1) is 11.3 Å². The lowest BCUT2D eigenvalue weighted by Gasteiger charge is -2.28. The van der Waals surface area contributed by atoms with Crippen LogP contribution in [0.5, 0.6) is 11.5 Å². The van der Waals surface area contributed by atoms with Crippen LogP contribution in [0.1, 0.15) is 35.4 Å². The van der Waals surface area contributed by atoms with Gasteiger partial charge in [-0.1, -0.05) is 30.3 Å². The minimum absolute atomic E-state index is 0.148. The van der Waals surface area contributed by atoms with Crippen LogP contribution >= 0.6 is 0 Å². The zero-order valence-corrected chi connectivity index (χ0v) is 16.1. The third kappa shape index (κ3) is 3.05. The number of fused-ring (bicyclic) bond motifs is 2. The lowest BCUT2D eigenvalue weighted by atomic mass is 9.79. The summed E-state index contributed by atoms with van der Waals surface area (Å²) >= 11 is 0. The molecule has 3 aromatic rings. The summed E-state index contributed by atoms with van der Waals surface area (Å²) in [5.41, 5.74) is 2.72. The van der Waals surface area contributed by atoms with Crippen LogP contribution in [0.15, 0.2) is 54.6 Å². The molecule has 30 heavy (non-hydrogen) atoms. The predicted octanol–water partition coefficient (Wildman–Crippen LogP) is 4.56. The summed E-state index contributed by atoms with van der Waals surface area (Å²) in [4.78, 5) is 23.5. The second-order valence-corrected chi connectivity index (χ2v) is 7.55. The molecule has 1 fully saturated rings. The minimum Gasteiger partial charge on any atom is -0.457 e. The number of amides is 2. The van der Waals surface area contributed by atoms with Gasteiger partial charge in [0.05, 0.1) is 11.6 Å². The standard InChI is InChI=1S/C24H18N2O4/c25-13-15-8-11-21(19-6-2-1-5-17(15)19)29-16-9-10-18-14(12-16)4-3-7-20(18)22-23(27)26-24(28)30-22/h1-2,5-6,8-12,20,22H,3-4,7H2,(H,26,27,28)/t20-,22-/m1/s1. The van der Waals surface area contributed by atoms with Crippen molar-refractivity contribution in [2.24, 2.45) is 0 Å². The zero-order valence-electron chi connectivity index (χ0n) is 16.1. The summed E-state index contributed by atoms with van der Waals surface area (Å²) in [5.74, 6) is 0.852. The molecule has 1 aliphatic carbocycles. The minimum atomic E-state index is -0.772. The van der Waals surface area contributed by atoms with E-state index in [1.807, 2.05) is 48.5 Å². The first kappa shape index (κ1) is 18.2. The molecule has 0 spiro atoms. The van der Waals surface area contributed by atoms with Gasteiger partial charge in [0.25, 0.3) is 5.91 Å². The summed E-state index contributed by atoms with van der Waals surface area (Å²) < 4.78 is 11.4. The van der Waals surface area contributed by atoms with E-state index >= 15 is 0 Å². The fourth-order valence-electron chi connectivity index (χ4n) is 4.43. The van der Waals surface area contributed by atoms with Crippen LogP contribution in [-0.2, 0) is 16.0 Å². The molecule has 1 N–H and O–H groups in total. The van der Waals surface area contributed by atoms with E-state index in [0.29, 0.717) is 17.1 Å². The Morgan fingerprint density at radius 2 is 1.90 bits per heavy atom. The van der Waals surface area contributed by atoms with E-state index in [1.54, 1.807) is 6.07 Å². The molecular weight excluding hydrogens is 380 g/mol. The summed E-state index contributed by atoms with van der Waals surface area (Å²) in [7, 11) is 0. The third-order valence-electron chi connectivity index (χ3n) is 5.79. The SMILES string of the molecule is N#Cc1ccc(Oc2ccc3c(c2)CCC[C@H]3[C@H]2OC(=O)NC2=O)c2ccccc12. The van der Waals surface area contributed by atoms with Gasteiger partial charge in [-0.15, -0.1) is 0 Å². The first-order chi connectivity index (χ1) is 14.6. The topological polar surface area (TPSA) is 88.4 Å². The average Bonchev–Trinajstić information content (AvgIpc) is 3.11. The predicted molar refractivity (Wildman–Crippen MR) is 109 cm³/mol. The van der Waals surface area contributed by atoms with Gasteiger partial charge in [-0.05, 0) is 54.7 Å². The van der Waals surface area contributed by atoms with Crippen molar-refractivity contribution in [2.45, 2.75) is 31.3 Å². The molecule has 2 atom stereocenters. The Hall–Kier alpha value is -3.85. The Balaban J connectivity index is 1.47. The first-order valence-corrected chi connectivity index (χ1v) is 9.88. The van der Waals surface area contributed by atoms with Crippen molar-refractivity contribution in [1.82, 2.24) is 5.32 Å². The van der Waals surface area contributed by atoms with Crippen LogP contribution in [0.25, 0.3) is 10.8 Å². The molecule has 0 unspecified atom stereocenters. The molecule has 6 heteroatoms. The monoisotopic (exact) mass is 398 g/mol. The van der Waals surface area contributed by atoms with Crippen LogP contribution < -0.4 is 10.1 Å². The van der Waals surface area contributed by atoms with Crippen LogP contribution in [0.3, 0.4) is 0 Å². The number of alkyl carbamates (subject to hydrolysis) is 1. The van der Waals surface area contributed by atoms with Crippen molar-refractivity contribution in [3.63, 3.8) is 0 Å². The van der Waals surface area contributed by atoms with Crippen LogP contribution in [0.4, 0.5) is 4.79 Å². The Morgan fingerprint density at radius 1 is 1.07 bits per heavy atom. The van der Waals surface area contributed by atoms with E-state index in [9.17, 15) is 14.9 Å². The Bertz CT molecular complexity index is 1230. The van der Waals surface area contributed by atoms with Crippen LogP contribution in [0.2, 0.25) is 0 Å². The van der Waals surface area contributed by atoms with Gasteiger partial charge in [-0.25, -0.2) is 4.79 Å². The molecule has 2 amide bonds. The first-order valence-electron chi connectivity index (χ1n) is 9.88. The van der Waals surface area contributed by atoms with Crippen molar-refractivity contribution >= 4 is 22.8 Å². The number of nitriles is 1. The highest BCUT2D eigenvalue weighted by atomic mass is 16.6. The lowest BCUT2D eigenvalue weighted by Crippen LogP contribution is -2.31. The second kappa shape index (κ2) is 7.20. The molecule has 5 rings (SSSR count). The van der Waals surface area contributed by atoms with Crippen molar-refractivity contribution in [3.8, 4) is 17.6 Å². The van der Waals surface area contributed by atoms with Gasteiger partial charge in [0.2, 0.25) is 0 Å². The number of carbonyl (C=O) groups is 2. The number of nitrogens with one attached hydrogen (secondary N) is 1. The molecule has 1 aliphatic heterocycles. The fourth-order valence-corrected chi connectivity index (χ4v) is 4.43. The third-order valence-corrected chi connectivity index (χ3v) is 5.79. The fraction of sp³-hybridized carbons (Fsp3) is 0.208. The number of benzene rings is 3. The quantitative estimate of drug-likeness (QED) is 0.699. The molecule has 6 nitrogen and oxygen atoms in total. The number of aryl methyl sites for hydroxylation is 1. The van der Waals surface area contributed by atoms with E-state index in [2.05, 4.69) is 11.4 Å². The van der Waals surface area contributed by atoms with Gasteiger partial charge in [0.15, 0.2) is 6.10 Å². The van der Waals surface area contributed by atoms with Crippen molar-refractivity contribution in [2.75, 3.05) is 0 Å². The van der Waals surface area contributed by atoms with Crippen molar-refractivity contribution in [1.29, 1.82) is 5.26 Å². The van der Waals surface area contributed by atoms with Gasteiger partial charge in [-0.2, -0.15) is 5.26 Å². The molecular formula is C24H18N2O4. The van der Waals surface area contributed by atoms with Gasteiger partial charge < -0.3 is 9.47 Å². The van der Waals surface area contributed by atoms with E-state index in [1.165, 1.54) is 0 Å².